The Morgan fingerprint density at radius 3 is 2.50 bits per heavy atom. The largest absolute Gasteiger partial charge is 0.313 e. The van der Waals surface area contributed by atoms with Gasteiger partial charge in [0.05, 0.1) is 0 Å². The zero-order valence-electron chi connectivity index (χ0n) is 13.3. The number of hydrogen-bond donors (Lipinski definition) is 1. The van der Waals surface area contributed by atoms with Gasteiger partial charge in [-0.1, -0.05) is 40.5 Å². The van der Waals surface area contributed by atoms with Gasteiger partial charge in [0.2, 0.25) is 0 Å². The smallest absolute Gasteiger partial charge is 0.00684 e. The van der Waals surface area contributed by atoms with Crippen molar-refractivity contribution in [2.45, 2.75) is 65.8 Å². The molecule has 0 radical (unpaired) electrons. The van der Waals surface area contributed by atoms with Crippen LogP contribution in [0.5, 0.6) is 0 Å². The molecule has 1 aliphatic rings. The Hall–Kier alpha value is -0.0800. The summed E-state index contributed by atoms with van der Waals surface area (Å²) in [7, 11) is 2.29. The Kier molecular flexibility index (Phi) is 6.65. The topological polar surface area (TPSA) is 15.3 Å². The average Bonchev–Trinajstić information content (AvgIpc) is 3.10. The minimum absolute atomic E-state index is 0.444. The molecule has 2 heteroatoms. The van der Waals surface area contributed by atoms with Crippen LogP contribution in [0.1, 0.15) is 59.8 Å². The van der Waals surface area contributed by atoms with Gasteiger partial charge < -0.3 is 10.2 Å². The molecule has 1 aliphatic carbocycles. The average molecular weight is 254 g/mol. The monoisotopic (exact) mass is 254 g/mol. The van der Waals surface area contributed by atoms with Crippen LogP contribution >= 0.6 is 0 Å². The molecule has 1 N–H and O–H groups in total. The summed E-state index contributed by atoms with van der Waals surface area (Å²) >= 11 is 0. The molecule has 2 nitrogen and oxygen atoms in total. The van der Waals surface area contributed by atoms with Crippen LogP contribution in [0.15, 0.2) is 0 Å². The molecule has 0 aliphatic heterocycles. The standard InChI is InChI=1S/C16H34N2/c1-6-10-16(4,12-17-15-8-9-15)13-18(5)11-14(3)7-2/h14-15,17H,6-13H2,1-5H3. The molecular formula is C16H34N2. The van der Waals surface area contributed by atoms with E-state index in [0.29, 0.717) is 5.41 Å². The molecule has 2 atom stereocenters. The second kappa shape index (κ2) is 7.49. The summed E-state index contributed by atoms with van der Waals surface area (Å²) in [6.45, 7) is 13.1. The van der Waals surface area contributed by atoms with Crippen molar-refractivity contribution < 1.29 is 0 Å². The van der Waals surface area contributed by atoms with Crippen LogP contribution in [0.2, 0.25) is 0 Å². The fourth-order valence-corrected chi connectivity index (χ4v) is 2.88. The number of nitrogens with one attached hydrogen (secondary N) is 1. The highest BCUT2D eigenvalue weighted by atomic mass is 15.1. The van der Waals surface area contributed by atoms with Crippen molar-refractivity contribution in [2.24, 2.45) is 11.3 Å². The van der Waals surface area contributed by atoms with Gasteiger partial charge in [0.1, 0.15) is 0 Å². The van der Waals surface area contributed by atoms with Gasteiger partial charge in [-0.15, -0.1) is 0 Å². The van der Waals surface area contributed by atoms with Gasteiger partial charge in [0.25, 0.3) is 0 Å². The summed E-state index contributed by atoms with van der Waals surface area (Å²) in [5.74, 6) is 0.817. The lowest BCUT2D eigenvalue weighted by atomic mass is 9.84. The minimum atomic E-state index is 0.444. The van der Waals surface area contributed by atoms with Gasteiger partial charge in [-0.2, -0.15) is 0 Å². The number of rotatable bonds is 10. The zero-order valence-corrected chi connectivity index (χ0v) is 13.3. The first-order valence-electron chi connectivity index (χ1n) is 7.91. The number of nitrogens with zero attached hydrogens (tertiary/aromatic N) is 1. The van der Waals surface area contributed by atoms with Gasteiger partial charge in [-0.05, 0) is 37.6 Å². The van der Waals surface area contributed by atoms with Crippen LogP contribution in [0, 0.1) is 11.3 Å². The van der Waals surface area contributed by atoms with E-state index in [4.69, 9.17) is 0 Å². The molecule has 0 saturated heterocycles. The van der Waals surface area contributed by atoms with E-state index < -0.39 is 0 Å². The molecule has 0 heterocycles. The molecule has 0 spiro atoms. The van der Waals surface area contributed by atoms with Crippen LogP contribution in [-0.4, -0.2) is 37.6 Å². The maximum Gasteiger partial charge on any atom is 0.00684 e. The maximum absolute atomic E-state index is 3.73. The molecule has 1 rings (SSSR count). The van der Waals surface area contributed by atoms with E-state index in [1.807, 2.05) is 0 Å². The SMILES string of the molecule is CCCC(C)(CNC1CC1)CN(C)CC(C)CC. The summed E-state index contributed by atoms with van der Waals surface area (Å²) in [6, 6.07) is 0.834. The summed E-state index contributed by atoms with van der Waals surface area (Å²) in [4.78, 5) is 2.54. The number of hydrogen-bond acceptors (Lipinski definition) is 2. The summed E-state index contributed by atoms with van der Waals surface area (Å²) in [6.07, 6.45) is 6.70. The quantitative estimate of drug-likeness (QED) is 0.641. The van der Waals surface area contributed by atoms with Crippen LogP contribution in [0.25, 0.3) is 0 Å². The second-order valence-corrected chi connectivity index (χ2v) is 6.93. The fraction of sp³-hybridized carbons (Fsp3) is 1.00. The van der Waals surface area contributed by atoms with Gasteiger partial charge in [-0.25, -0.2) is 0 Å². The van der Waals surface area contributed by atoms with Crippen molar-refractivity contribution >= 4 is 0 Å². The van der Waals surface area contributed by atoms with Crippen molar-refractivity contribution in [1.82, 2.24) is 10.2 Å². The van der Waals surface area contributed by atoms with Crippen LogP contribution in [-0.2, 0) is 0 Å². The molecule has 0 bridgehead atoms. The van der Waals surface area contributed by atoms with E-state index in [-0.39, 0.29) is 0 Å². The van der Waals surface area contributed by atoms with Crippen molar-refractivity contribution in [3.8, 4) is 0 Å². The first kappa shape index (κ1) is 16.0. The Morgan fingerprint density at radius 1 is 1.33 bits per heavy atom. The molecule has 1 fully saturated rings. The Bertz CT molecular complexity index is 225. The lowest BCUT2D eigenvalue weighted by Gasteiger charge is -2.35. The van der Waals surface area contributed by atoms with Gasteiger partial charge >= 0.3 is 0 Å². The lowest BCUT2D eigenvalue weighted by Crippen LogP contribution is -2.42. The highest BCUT2D eigenvalue weighted by molar-refractivity contribution is 4.87. The normalized spacial score (nSPS) is 21.0. The zero-order chi connectivity index (χ0) is 13.6. The molecule has 0 aromatic rings. The third kappa shape index (κ3) is 6.19. The predicted octanol–water partition coefficient (Wildman–Crippen LogP) is 3.52. The van der Waals surface area contributed by atoms with E-state index in [0.717, 1.165) is 12.0 Å². The van der Waals surface area contributed by atoms with E-state index in [1.165, 1.54) is 51.7 Å². The molecule has 0 amide bonds. The van der Waals surface area contributed by atoms with Crippen molar-refractivity contribution in [3.63, 3.8) is 0 Å². The van der Waals surface area contributed by atoms with Crippen molar-refractivity contribution in [1.29, 1.82) is 0 Å². The van der Waals surface area contributed by atoms with E-state index >= 15 is 0 Å². The third-order valence-electron chi connectivity index (χ3n) is 4.22. The fourth-order valence-electron chi connectivity index (χ4n) is 2.88. The molecule has 1 saturated carbocycles. The lowest BCUT2D eigenvalue weighted by molar-refractivity contribution is 0.158. The van der Waals surface area contributed by atoms with E-state index in [9.17, 15) is 0 Å². The molecule has 0 aromatic heterocycles. The molecule has 18 heavy (non-hydrogen) atoms. The van der Waals surface area contributed by atoms with E-state index in [2.05, 4.69) is 45.0 Å². The highest BCUT2D eigenvalue weighted by Crippen LogP contribution is 2.27. The molecular weight excluding hydrogens is 220 g/mol. The summed E-state index contributed by atoms with van der Waals surface area (Å²) in [5.41, 5.74) is 0.444. The molecule has 2 unspecified atom stereocenters. The Labute approximate surface area is 115 Å². The summed E-state index contributed by atoms with van der Waals surface area (Å²) < 4.78 is 0. The Balaban J connectivity index is 2.37. The molecule has 108 valence electrons. The predicted molar refractivity (Wildman–Crippen MR) is 81.0 cm³/mol. The van der Waals surface area contributed by atoms with Gasteiger partial charge in [0, 0.05) is 25.7 Å². The van der Waals surface area contributed by atoms with Crippen LogP contribution in [0.3, 0.4) is 0 Å². The van der Waals surface area contributed by atoms with Gasteiger partial charge in [0.15, 0.2) is 0 Å². The minimum Gasteiger partial charge on any atom is -0.313 e. The summed E-state index contributed by atoms with van der Waals surface area (Å²) in [5, 5.41) is 3.73. The van der Waals surface area contributed by atoms with Gasteiger partial charge in [-0.3, -0.25) is 0 Å². The first-order valence-corrected chi connectivity index (χ1v) is 7.91. The first-order chi connectivity index (χ1) is 8.49. The third-order valence-corrected chi connectivity index (χ3v) is 4.22. The van der Waals surface area contributed by atoms with Crippen LogP contribution < -0.4 is 5.32 Å². The maximum atomic E-state index is 3.73. The van der Waals surface area contributed by atoms with Crippen LogP contribution in [0.4, 0.5) is 0 Å². The van der Waals surface area contributed by atoms with Crippen molar-refractivity contribution in [3.05, 3.63) is 0 Å². The highest BCUT2D eigenvalue weighted by Gasteiger charge is 2.29. The second-order valence-electron chi connectivity index (χ2n) is 6.93. The van der Waals surface area contributed by atoms with E-state index in [1.54, 1.807) is 0 Å². The van der Waals surface area contributed by atoms with Crippen molar-refractivity contribution in [2.75, 3.05) is 26.7 Å². The molecule has 0 aromatic carbocycles. The Morgan fingerprint density at radius 2 is 2.00 bits per heavy atom.